The van der Waals surface area contributed by atoms with Crippen LogP contribution >= 0.6 is 11.6 Å². The van der Waals surface area contributed by atoms with Gasteiger partial charge in [0.1, 0.15) is 0 Å². The highest BCUT2D eigenvalue weighted by Gasteiger charge is 2.16. The van der Waals surface area contributed by atoms with Gasteiger partial charge >= 0.3 is 0 Å². The van der Waals surface area contributed by atoms with E-state index in [0.717, 1.165) is 18.4 Å². The molecule has 1 atom stereocenters. The van der Waals surface area contributed by atoms with Crippen LogP contribution in [0.2, 0.25) is 0 Å². The summed E-state index contributed by atoms with van der Waals surface area (Å²) in [6.45, 7) is 3.63. The van der Waals surface area contributed by atoms with Crippen molar-refractivity contribution in [2.45, 2.75) is 18.8 Å². The van der Waals surface area contributed by atoms with E-state index < -0.39 is 0 Å². The molecule has 0 aliphatic heterocycles. The summed E-state index contributed by atoms with van der Waals surface area (Å²) < 4.78 is 0. The Kier molecular flexibility index (Phi) is 4.41. The fourth-order valence-corrected chi connectivity index (χ4v) is 1.62. The van der Waals surface area contributed by atoms with Crippen LogP contribution in [0, 0.1) is 0 Å². The lowest BCUT2D eigenvalue weighted by molar-refractivity contribution is -0.113. The van der Waals surface area contributed by atoms with Gasteiger partial charge < -0.3 is 0 Å². The minimum Gasteiger partial charge on any atom is -0.281 e. The van der Waals surface area contributed by atoms with E-state index in [1.807, 2.05) is 30.3 Å². The van der Waals surface area contributed by atoms with E-state index in [0.29, 0.717) is 0 Å². The Morgan fingerprint density at radius 3 is 2.57 bits per heavy atom. The summed E-state index contributed by atoms with van der Waals surface area (Å²) in [5.74, 6) is -0.198. The molecule has 1 unspecified atom stereocenters. The zero-order chi connectivity index (χ0) is 10.4. The third-order valence-corrected chi connectivity index (χ3v) is 2.40. The van der Waals surface area contributed by atoms with E-state index in [-0.39, 0.29) is 11.2 Å². The van der Waals surface area contributed by atoms with E-state index in [1.165, 1.54) is 0 Å². The van der Waals surface area contributed by atoms with E-state index in [1.54, 1.807) is 6.08 Å². The Morgan fingerprint density at radius 2 is 2.07 bits per heavy atom. The molecule has 0 heterocycles. The number of allylic oxidation sites excluding steroid dienone is 1. The van der Waals surface area contributed by atoms with Crippen LogP contribution in [0.4, 0.5) is 0 Å². The first-order chi connectivity index (χ1) is 6.75. The molecule has 14 heavy (non-hydrogen) atoms. The minimum absolute atomic E-state index is 0.198. The summed E-state index contributed by atoms with van der Waals surface area (Å²) in [5.41, 5.74) is 0.981. The van der Waals surface area contributed by atoms with Crippen LogP contribution in [0.5, 0.6) is 0 Å². The van der Waals surface area contributed by atoms with Crippen molar-refractivity contribution in [3.63, 3.8) is 0 Å². The number of carbonyl (C=O) groups excluding carboxylic acids is 1. The highest BCUT2D eigenvalue weighted by atomic mass is 35.5. The van der Waals surface area contributed by atoms with E-state index in [9.17, 15) is 4.79 Å². The molecule has 0 aromatic heterocycles. The van der Waals surface area contributed by atoms with Gasteiger partial charge in [-0.1, -0.05) is 36.4 Å². The molecule has 0 fully saturated rings. The predicted molar refractivity (Wildman–Crippen MR) is 59.5 cm³/mol. The molecule has 74 valence electrons. The monoisotopic (exact) mass is 208 g/mol. The van der Waals surface area contributed by atoms with Gasteiger partial charge in [-0.3, -0.25) is 4.79 Å². The zero-order valence-electron chi connectivity index (χ0n) is 7.95. The average molecular weight is 209 g/mol. The first-order valence-electron chi connectivity index (χ1n) is 4.61. The molecule has 1 nitrogen and oxygen atoms in total. The Bertz CT molecular complexity index is 305. The summed E-state index contributed by atoms with van der Waals surface area (Å²) in [6.07, 6.45) is 3.34. The van der Waals surface area contributed by atoms with E-state index in [2.05, 4.69) is 6.58 Å². The van der Waals surface area contributed by atoms with Gasteiger partial charge in [-0.15, -0.1) is 6.58 Å². The molecule has 1 aromatic carbocycles. The number of carbonyl (C=O) groups is 1. The lowest BCUT2D eigenvalue weighted by atomic mass is 9.95. The molecule has 0 radical (unpaired) electrons. The van der Waals surface area contributed by atoms with Crippen molar-refractivity contribution in [3.8, 4) is 0 Å². The predicted octanol–water partition coefficient (Wildman–Crippen LogP) is 3.50. The van der Waals surface area contributed by atoms with Crippen molar-refractivity contribution in [2.24, 2.45) is 0 Å². The van der Waals surface area contributed by atoms with E-state index in [4.69, 9.17) is 11.6 Å². The maximum absolute atomic E-state index is 11.2. The SMILES string of the molecule is C=CCCC(C(=O)Cl)c1ccccc1. The van der Waals surface area contributed by atoms with Gasteiger partial charge in [0, 0.05) is 0 Å². The largest absolute Gasteiger partial charge is 0.281 e. The van der Waals surface area contributed by atoms with Crippen LogP contribution in [0.1, 0.15) is 24.3 Å². The molecular formula is C12H13ClO. The number of hydrogen-bond acceptors (Lipinski definition) is 1. The summed E-state index contributed by atoms with van der Waals surface area (Å²) in [4.78, 5) is 11.2. The Balaban J connectivity index is 2.78. The number of benzene rings is 1. The lowest BCUT2D eigenvalue weighted by Gasteiger charge is -2.10. The van der Waals surface area contributed by atoms with Crippen LogP contribution in [-0.4, -0.2) is 5.24 Å². The van der Waals surface area contributed by atoms with Crippen LogP contribution in [0.25, 0.3) is 0 Å². The quantitative estimate of drug-likeness (QED) is 0.535. The molecule has 0 aliphatic rings. The maximum Gasteiger partial charge on any atom is 0.229 e. The smallest absolute Gasteiger partial charge is 0.229 e. The lowest BCUT2D eigenvalue weighted by Crippen LogP contribution is -2.06. The second kappa shape index (κ2) is 5.61. The van der Waals surface area contributed by atoms with Gasteiger partial charge in [0.15, 0.2) is 0 Å². The number of rotatable bonds is 5. The van der Waals surface area contributed by atoms with Crippen molar-refractivity contribution >= 4 is 16.8 Å². The van der Waals surface area contributed by atoms with Crippen molar-refractivity contribution in [3.05, 3.63) is 48.6 Å². The van der Waals surface area contributed by atoms with Crippen molar-refractivity contribution in [1.82, 2.24) is 0 Å². The fourth-order valence-electron chi connectivity index (χ4n) is 1.38. The Morgan fingerprint density at radius 1 is 1.43 bits per heavy atom. The molecule has 0 aliphatic carbocycles. The first kappa shape index (κ1) is 11.0. The normalized spacial score (nSPS) is 12.1. The second-order valence-corrected chi connectivity index (χ2v) is 3.51. The first-order valence-corrected chi connectivity index (χ1v) is 4.98. The minimum atomic E-state index is -0.293. The molecule has 0 bridgehead atoms. The highest BCUT2D eigenvalue weighted by Crippen LogP contribution is 2.23. The fraction of sp³-hybridized carbons (Fsp3) is 0.250. The van der Waals surface area contributed by atoms with Crippen LogP contribution in [-0.2, 0) is 4.79 Å². The maximum atomic E-state index is 11.2. The molecular weight excluding hydrogens is 196 g/mol. The molecule has 0 N–H and O–H groups in total. The van der Waals surface area contributed by atoms with Gasteiger partial charge in [0.25, 0.3) is 0 Å². The van der Waals surface area contributed by atoms with Gasteiger partial charge in [0.05, 0.1) is 5.92 Å². The number of hydrogen-bond donors (Lipinski definition) is 0. The van der Waals surface area contributed by atoms with Crippen LogP contribution < -0.4 is 0 Å². The molecule has 1 rings (SSSR count). The molecule has 2 heteroatoms. The third-order valence-electron chi connectivity index (χ3n) is 2.14. The Hall–Kier alpha value is -1.08. The standard InChI is InChI=1S/C12H13ClO/c1-2-3-9-11(12(13)14)10-7-5-4-6-8-10/h2,4-8,11H,1,3,9H2. The Labute approximate surface area is 89.4 Å². The van der Waals surface area contributed by atoms with Crippen LogP contribution in [0.3, 0.4) is 0 Å². The van der Waals surface area contributed by atoms with Gasteiger partial charge in [-0.2, -0.15) is 0 Å². The summed E-state index contributed by atoms with van der Waals surface area (Å²) in [6, 6.07) is 9.60. The summed E-state index contributed by atoms with van der Waals surface area (Å²) in [7, 11) is 0. The second-order valence-electron chi connectivity index (χ2n) is 3.13. The number of halogens is 1. The van der Waals surface area contributed by atoms with Gasteiger partial charge in [0.2, 0.25) is 5.24 Å². The van der Waals surface area contributed by atoms with Crippen molar-refractivity contribution in [2.75, 3.05) is 0 Å². The molecule has 0 saturated carbocycles. The average Bonchev–Trinajstić information content (AvgIpc) is 2.19. The van der Waals surface area contributed by atoms with Crippen LogP contribution in [0.15, 0.2) is 43.0 Å². The van der Waals surface area contributed by atoms with E-state index >= 15 is 0 Å². The van der Waals surface area contributed by atoms with Crippen molar-refractivity contribution < 1.29 is 4.79 Å². The summed E-state index contributed by atoms with van der Waals surface area (Å²) in [5, 5.41) is -0.293. The third kappa shape index (κ3) is 3.00. The topological polar surface area (TPSA) is 17.1 Å². The van der Waals surface area contributed by atoms with Gasteiger partial charge in [-0.05, 0) is 30.0 Å². The molecule has 0 amide bonds. The van der Waals surface area contributed by atoms with Crippen molar-refractivity contribution in [1.29, 1.82) is 0 Å². The molecule has 1 aromatic rings. The molecule has 0 saturated heterocycles. The summed E-state index contributed by atoms with van der Waals surface area (Å²) >= 11 is 5.54. The van der Waals surface area contributed by atoms with Gasteiger partial charge in [-0.25, -0.2) is 0 Å². The highest BCUT2D eigenvalue weighted by molar-refractivity contribution is 6.64. The molecule has 0 spiro atoms. The zero-order valence-corrected chi connectivity index (χ0v) is 8.70.